The molecule has 1 aromatic heterocycles. The van der Waals surface area contributed by atoms with Gasteiger partial charge in [-0.05, 0) is 42.9 Å². The van der Waals surface area contributed by atoms with E-state index in [0.717, 1.165) is 18.7 Å². The molecule has 30 heavy (non-hydrogen) atoms. The van der Waals surface area contributed by atoms with Crippen molar-refractivity contribution in [1.82, 2.24) is 9.80 Å². The first-order valence-electron chi connectivity index (χ1n) is 10.00. The van der Waals surface area contributed by atoms with Gasteiger partial charge in [-0.25, -0.2) is 0 Å². The molecule has 1 aliphatic rings. The normalized spacial score (nSPS) is 16.0. The molecular formula is C23H22Cl2N2O3. The lowest BCUT2D eigenvalue weighted by Gasteiger charge is -2.28. The van der Waals surface area contributed by atoms with Crippen molar-refractivity contribution in [3.05, 3.63) is 79.6 Å². The highest BCUT2D eigenvalue weighted by atomic mass is 35.5. The van der Waals surface area contributed by atoms with Gasteiger partial charge in [-0.15, -0.1) is 0 Å². The number of nitrogens with zero attached hydrogens (tertiary/aromatic N) is 2. The van der Waals surface area contributed by atoms with E-state index in [1.54, 1.807) is 47.4 Å². The van der Waals surface area contributed by atoms with Gasteiger partial charge in [-0.3, -0.25) is 9.59 Å². The Balaban J connectivity index is 1.88. The van der Waals surface area contributed by atoms with Gasteiger partial charge in [0.25, 0.3) is 5.91 Å². The summed E-state index contributed by atoms with van der Waals surface area (Å²) in [7, 11) is 0. The van der Waals surface area contributed by atoms with E-state index in [0.29, 0.717) is 39.7 Å². The molecule has 156 valence electrons. The van der Waals surface area contributed by atoms with Crippen molar-refractivity contribution in [3.63, 3.8) is 0 Å². The molecule has 0 unspecified atom stereocenters. The molecule has 0 saturated carbocycles. The van der Waals surface area contributed by atoms with Crippen LogP contribution in [-0.2, 0) is 0 Å². The Morgan fingerprint density at radius 2 is 1.77 bits per heavy atom. The summed E-state index contributed by atoms with van der Waals surface area (Å²) in [5, 5.41) is 1.26. The third kappa shape index (κ3) is 3.51. The van der Waals surface area contributed by atoms with Crippen molar-refractivity contribution in [3.8, 4) is 0 Å². The quantitative estimate of drug-likeness (QED) is 0.537. The SMILES string of the molecule is CCN(CC)CCN1C(=O)c2oc3ccccc3c(=O)c2[C@H]1c1ccc(Cl)c(Cl)c1. The summed E-state index contributed by atoms with van der Waals surface area (Å²) >= 11 is 12.4. The summed E-state index contributed by atoms with van der Waals surface area (Å²) in [5.41, 5.74) is 1.31. The molecule has 0 N–H and O–H groups in total. The highest BCUT2D eigenvalue weighted by Crippen LogP contribution is 2.39. The van der Waals surface area contributed by atoms with E-state index in [4.69, 9.17) is 27.6 Å². The van der Waals surface area contributed by atoms with Gasteiger partial charge in [0.2, 0.25) is 5.76 Å². The number of hydrogen-bond acceptors (Lipinski definition) is 4. The molecule has 2 heterocycles. The Morgan fingerprint density at radius 1 is 1.03 bits per heavy atom. The molecule has 0 fully saturated rings. The molecule has 2 aromatic carbocycles. The Labute approximate surface area is 184 Å². The maximum Gasteiger partial charge on any atom is 0.290 e. The van der Waals surface area contributed by atoms with Crippen LogP contribution in [0.4, 0.5) is 0 Å². The van der Waals surface area contributed by atoms with Crippen LogP contribution in [0, 0.1) is 0 Å². The topological polar surface area (TPSA) is 53.8 Å². The van der Waals surface area contributed by atoms with Crippen LogP contribution in [0.2, 0.25) is 10.0 Å². The predicted octanol–water partition coefficient (Wildman–Crippen LogP) is 4.99. The standard InChI is InChI=1S/C23H22Cl2N2O3/c1-3-26(4-2)11-12-27-20(14-9-10-16(24)17(25)13-14)19-21(28)15-7-5-6-8-18(15)30-22(19)23(27)29/h5-10,13,20H,3-4,11-12H2,1-2H3/t20-/m1/s1. The monoisotopic (exact) mass is 444 g/mol. The first-order valence-corrected chi connectivity index (χ1v) is 10.8. The smallest absolute Gasteiger partial charge is 0.290 e. The van der Waals surface area contributed by atoms with Gasteiger partial charge < -0.3 is 14.2 Å². The Morgan fingerprint density at radius 3 is 2.47 bits per heavy atom. The fourth-order valence-corrected chi connectivity index (χ4v) is 4.32. The molecule has 0 saturated heterocycles. The van der Waals surface area contributed by atoms with Gasteiger partial charge in [-0.2, -0.15) is 0 Å². The molecule has 0 aliphatic carbocycles. The predicted molar refractivity (Wildman–Crippen MR) is 120 cm³/mol. The highest BCUT2D eigenvalue weighted by molar-refractivity contribution is 6.42. The minimum atomic E-state index is -0.571. The zero-order valence-electron chi connectivity index (χ0n) is 16.8. The van der Waals surface area contributed by atoms with Gasteiger partial charge >= 0.3 is 0 Å². The van der Waals surface area contributed by atoms with Crippen molar-refractivity contribution in [2.24, 2.45) is 0 Å². The summed E-state index contributed by atoms with van der Waals surface area (Å²) in [6.45, 7) is 7.08. The van der Waals surface area contributed by atoms with Crippen LogP contribution in [-0.4, -0.2) is 41.9 Å². The van der Waals surface area contributed by atoms with E-state index in [9.17, 15) is 9.59 Å². The van der Waals surface area contributed by atoms with E-state index >= 15 is 0 Å². The largest absolute Gasteiger partial charge is 0.450 e. The summed E-state index contributed by atoms with van der Waals surface area (Å²) in [6, 6.07) is 11.6. The van der Waals surface area contributed by atoms with Crippen molar-refractivity contribution in [1.29, 1.82) is 0 Å². The summed E-state index contributed by atoms with van der Waals surface area (Å²) in [4.78, 5) is 30.7. The fraction of sp³-hybridized carbons (Fsp3) is 0.304. The molecule has 1 aliphatic heterocycles. The van der Waals surface area contributed by atoms with Crippen LogP contribution >= 0.6 is 23.2 Å². The number of carbonyl (C=O) groups is 1. The molecule has 0 radical (unpaired) electrons. The molecule has 1 amide bonds. The van der Waals surface area contributed by atoms with Crippen LogP contribution in [0.5, 0.6) is 0 Å². The maximum absolute atomic E-state index is 13.4. The van der Waals surface area contributed by atoms with Crippen molar-refractivity contribution >= 4 is 40.1 Å². The minimum Gasteiger partial charge on any atom is -0.450 e. The average molecular weight is 445 g/mol. The second-order valence-corrected chi connectivity index (χ2v) is 8.09. The zero-order valence-corrected chi connectivity index (χ0v) is 18.3. The third-order valence-electron chi connectivity index (χ3n) is 5.68. The van der Waals surface area contributed by atoms with E-state index in [-0.39, 0.29) is 17.1 Å². The van der Waals surface area contributed by atoms with E-state index < -0.39 is 6.04 Å². The number of carbonyl (C=O) groups excluding carboxylic acids is 1. The fourth-order valence-electron chi connectivity index (χ4n) is 4.02. The van der Waals surface area contributed by atoms with Gasteiger partial charge in [0.05, 0.1) is 27.0 Å². The first kappa shape index (κ1) is 20.9. The van der Waals surface area contributed by atoms with E-state index in [1.807, 2.05) is 0 Å². The highest BCUT2D eigenvalue weighted by Gasteiger charge is 2.42. The van der Waals surface area contributed by atoms with Crippen LogP contribution in [0.15, 0.2) is 51.7 Å². The van der Waals surface area contributed by atoms with Crippen molar-refractivity contribution < 1.29 is 9.21 Å². The number of likely N-dealkylation sites (N-methyl/N-ethyl adjacent to an activating group) is 1. The Hall–Kier alpha value is -2.34. The molecule has 4 rings (SSSR count). The molecule has 7 heteroatoms. The summed E-state index contributed by atoms with van der Waals surface area (Å²) in [6.07, 6.45) is 0. The Kier molecular flexibility index (Phi) is 5.87. The van der Waals surface area contributed by atoms with Crippen LogP contribution in [0.3, 0.4) is 0 Å². The van der Waals surface area contributed by atoms with Gasteiger partial charge in [0.1, 0.15) is 5.58 Å². The van der Waals surface area contributed by atoms with Gasteiger partial charge in [0, 0.05) is 13.1 Å². The number of para-hydroxylation sites is 1. The average Bonchev–Trinajstić information content (AvgIpc) is 3.03. The summed E-state index contributed by atoms with van der Waals surface area (Å²) in [5.74, 6) is -0.176. The van der Waals surface area contributed by atoms with Gasteiger partial charge in [-0.1, -0.05) is 55.2 Å². The number of halogens is 2. The van der Waals surface area contributed by atoms with Gasteiger partial charge in [0.15, 0.2) is 5.43 Å². The van der Waals surface area contributed by atoms with Crippen molar-refractivity contribution in [2.45, 2.75) is 19.9 Å². The second kappa shape index (κ2) is 8.42. The number of amides is 1. The third-order valence-corrected chi connectivity index (χ3v) is 6.42. The number of rotatable bonds is 6. The molecular weight excluding hydrogens is 423 g/mol. The lowest BCUT2D eigenvalue weighted by molar-refractivity contribution is 0.0708. The minimum absolute atomic E-state index is 0.106. The molecule has 3 aromatic rings. The molecule has 1 atom stereocenters. The molecule has 0 bridgehead atoms. The summed E-state index contributed by atoms with van der Waals surface area (Å²) < 4.78 is 5.93. The van der Waals surface area contributed by atoms with Crippen molar-refractivity contribution in [2.75, 3.05) is 26.2 Å². The zero-order chi connectivity index (χ0) is 21.4. The maximum atomic E-state index is 13.4. The van der Waals surface area contributed by atoms with Crippen LogP contribution in [0.1, 0.15) is 41.6 Å². The van der Waals surface area contributed by atoms with Crippen LogP contribution in [0.25, 0.3) is 11.0 Å². The lowest BCUT2D eigenvalue weighted by Crippen LogP contribution is -2.37. The number of hydrogen-bond donors (Lipinski definition) is 0. The lowest BCUT2D eigenvalue weighted by atomic mass is 9.98. The molecule has 0 spiro atoms. The second-order valence-electron chi connectivity index (χ2n) is 7.27. The first-order chi connectivity index (χ1) is 14.5. The Bertz CT molecular complexity index is 1170. The molecule has 5 nitrogen and oxygen atoms in total. The van der Waals surface area contributed by atoms with E-state index in [1.165, 1.54) is 0 Å². The van der Waals surface area contributed by atoms with E-state index in [2.05, 4.69) is 18.7 Å². The number of fused-ring (bicyclic) bond motifs is 2. The number of benzene rings is 2. The van der Waals surface area contributed by atoms with Crippen LogP contribution < -0.4 is 5.43 Å².